The Morgan fingerprint density at radius 2 is 1.56 bits per heavy atom. The molecular formula is C21H33N7O8. The second-order valence-electron chi connectivity index (χ2n) is 8.64. The molecular weight excluding hydrogens is 478 g/mol. The summed E-state index contributed by atoms with van der Waals surface area (Å²) in [6.07, 6.45) is 1.55. The van der Waals surface area contributed by atoms with Crippen molar-refractivity contribution in [3.05, 3.63) is 18.2 Å². The van der Waals surface area contributed by atoms with Gasteiger partial charge >= 0.3 is 11.9 Å². The highest BCUT2D eigenvalue weighted by molar-refractivity contribution is 5.96. The molecule has 0 radical (unpaired) electrons. The Kier molecular flexibility index (Phi) is 12.0. The fraction of sp³-hybridized carbons (Fsp3) is 0.571. The van der Waals surface area contributed by atoms with Gasteiger partial charge in [-0.3, -0.25) is 24.0 Å². The number of rotatable bonds is 16. The second-order valence-corrected chi connectivity index (χ2v) is 8.64. The van der Waals surface area contributed by atoms with Gasteiger partial charge in [-0.15, -0.1) is 0 Å². The van der Waals surface area contributed by atoms with E-state index >= 15 is 0 Å². The van der Waals surface area contributed by atoms with Crippen LogP contribution >= 0.6 is 0 Å². The normalized spacial score (nSPS) is 14.2. The Labute approximate surface area is 206 Å². The number of nitrogens with two attached hydrogens (primary N) is 2. The number of aromatic amines is 1. The maximum absolute atomic E-state index is 13.0. The van der Waals surface area contributed by atoms with Crippen molar-refractivity contribution in [2.75, 3.05) is 0 Å². The first kappa shape index (κ1) is 30.0. The van der Waals surface area contributed by atoms with Crippen molar-refractivity contribution < 1.29 is 39.0 Å². The van der Waals surface area contributed by atoms with Crippen LogP contribution in [-0.2, 0) is 35.2 Å². The van der Waals surface area contributed by atoms with Crippen molar-refractivity contribution in [2.45, 2.75) is 70.1 Å². The molecule has 0 aromatic carbocycles. The predicted octanol–water partition coefficient (Wildman–Crippen LogP) is -2.40. The van der Waals surface area contributed by atoms with Gasteiger partial charge in [0.1, 0.15) is 18.1 Å². The van der Waals surface area contributed by atoms with Crippen LogP contribution in [-0.4, -0.2) is 79.9 Å². The number of carboxylic acid groups (broad SMARTS) is 2. The Balaban J connectivity index is 3.05. The molecule has 4 unspecified atom stereocenters. The molecule has 1 rings (SSSR count). The summed E-state index contributed by atoms with van der Waals surface area (Å²) in [4.78, 5) is 78.6. The van der Waals surface area contributed by atoms with Crippen molar-refractivity contribution in [1.82, 2.24) is 25.9 Å². The number of aliphatic carboxylic acids is 2. The van der Waals surface area contributed by atoms with Crippen molar-refractivity contribution in [1.29, 1.82) is 0 Å². The van der Waals surface area contributed by atoms with Gasteiger partial charge in [0.25, 0.3) is 0 Å². The van der Waals surface area contributed by atoms with Gasteiger partial charge in [0, 0.05) is 24.7 Å². The van der Waals surface area contributed by atoms with Crippen molar-refractivity contribution in [2.24, 2.45) is 17.4 Å². The molecule has 4 amide bonds. The number of hydrogen-bond acceptors (Lipinski definition) is 8. The minimum atomic E-state index is -1.52. The van der Waals surface area contributed by atoms with Crippen molar-refractivity contribution >= 4 is 35.6 Å². The molecule has 1 aromatic heterocycles. The number of hydrogen-bond donors (Lipinski definition) is 8. The van der Waals surface area contributed by atoms with Gasteiger partial charge in [0.2, 0.25) is 23.6 Å². The van der Waals surface area contributed by atoms with Crippen molar-refractivity contribution in [3.8, 4) is 0 Å². The van der Waals surface area contributed by atoms with Crippen LogP contribution in [0, 0.1) is 5.92 Å². The third-order valence-electron chi connectivity index (χ3n) is 4.98. The first-order valence-corrected chi connectivity index (χ1v) is 11.2. The summed E-state index contributed by atoms with van der Waals surface area (Å²) >= 11 is 0. The lowest BCUT2D eigenvalue weighted by Gasteiger charge is -2.25. The van der Waals surface area contributed by atoms with Crippen LogP contribution in [0.1, 0.15) is 45.2 Å². The Hall–Kier alpha value is -4.01. The third kappa shape index (κ3) is 10.9. The molecule has 0 saturated heterocycles. The number of carbonyl (C=O) groups is 6. The molecule has 4 atom stereocenters. The van der Waals surface area contributed by atoms with E-state index in [-0.39, 0.29) is 31.6 Å². The Bertz CT molecular complexity index is 935. The molecule has 0 aliphatic carbocycles. The lowest BCUT2D eigenvalue weighted by Crippen LogP contribution is -2.58. The molecule has 0 spiro atoms. The summed E-state index contributed by atoms with van der Waals surface area (Å²) in [6, 6.07) is -5.32. The summed E-state index contributed by atoms with van der Waals surface area (Å²) in [6.45, 7) is 3.52. The number of amides is 4. The van der Waals surface area contributed by atoms with Crippen LogP contribution in [0.15, 0.2) is 12.5 Å². The van der Waals surface area contributed by atoms with Crippen LogP contribution in [0.25, 0.3) is 0 Å². The van der Waals surface area contributed by atoms with Crippen molar-refractivity contribution in [3.63, 3.8) is 0 Å². The zero-order chi connectivity index (χ0) is 27.4. The fourth-order valence-corrected chi connectivity index (χ4v) is 3.16. The van der Waals surface area contributed by atoms with Crippen LogP contribution in [0.5, 0.6) is 0 Å². The lowest BCUT2D eigenvalue weighted by molar-refractivity contribution is -0.143. The zero-order valence-corrected chi connectivity index (χ0v) is 20.0. The topological polar surface area (TPSA) is 260 Å². The number of nitrogens with one attached hydrogen (secondary N) is 4. The van der Waals surface area contributed by atoms with Gasteiger partial charge in [0.15, 0.2) is 0 Å². The molecule has 200 valence electrons. The highest BCUT2D eigenvalue weighted by Gasteiger charge is 2.31. The molecule has 0 saturated carbocycles. The maximum Gasteiger partial charge on any atom is 0.326 e. The number of carbonyl (C=O) groups excluding carboxylic acids is 4. The number of imidazole rings is 1. The fourth-order valence-electron chi connectivity index (χ4n) is 3.16. The molecule has 10 N–H and O–H groups in total. The summed E-state index contributed by atoms with van der Waals surface area (Å²) in [5.74, 6) is -6.09. The molecule has 36 heavy (non-hydrogen) atoms. The monoisotopic (exact) mass is 511 g/mol. The highest BCUT2D eigenvalue weighted by atomic mass is 16.4. The first-order valence-electron chi connectivity index (χ1n) is 11.2. The molecule has 15 heteroatoms. The number of aromatic nitrogens is 2. The SMILES string of the molecule is CC(C)CC(NC(=O)C(CC(N)=O)NC(=O)C(Cc1cnc[nH]1)NC(=O)C(N)CCC(=O)O)C(=O)O. The van der Waals surface area contributed by atoms with E-state index in [1.54, 1.807) is 13.8 Å². The van der Waals surface area contributed by atoms with E-state index in [0.717, 1.165) is 0 Å². The van der Waals surface area contributed by atoms with E-state index in [0.29, 0.717) is 5.69 Å². The molecule has 1 aromatic rings. The van der Waals surface area contributed by atoms with E-state index in [1.165, 1.54) is 12.5 Å². The number of H-pyrrole nitrogens is 1. The number of primary amides is 1. The summed E-state index contributed by atoms with van der Waals surface area (Å²) in [5.41, 5.74) is 11.4. The molecule has 0 fully saturated rings. The molecule has 15 nitrogen and oxygen atoms in total. The highest BCUT2D eigenvalue weighted by Crippen LogP contribution is 2.07. The number of carboxylic acids is 2. The van der Waals surface area contributed by atoms with Gasteiger partial charge in [-0.05, 0) is 18.8 Å². The Morgan fingerprint density at radius 1 is 0.972 bits per heavy atom. The summed E-state index contributed by atoms with van der Waals surface area (Å²) in [5, 5.41) is 25.2. The predicted molar refractivity (Wildman–Crippen MR) is 124 cm³/mol. The van der Waals surface area contributed by atoms with Crippen LogP contribution < -0.4 is 27.4 Å². The third-order valence-corrected chi connectivity index (χ3v) is 4.98. The molecule has 0 aliphatic heterocycles. The van der Waals surface area contributed by atoms with E-state index in [2.05, 4.69) is 25.9 Å². The van der Waals surface area contributed by atoms with Gasteiger partial charge < -0.3 is 42.6 Å². The quantitative estimate of drug-likeness (QED) is 0.117. The van der Waals surface area contributed by atoms with Crippen LogP contribution in [0.2, 0.25) is 0 Å². The minimum Gasteiger partial charge on any atom is -0.481 e. The van der Waals surface area contributed by atoms with Crippen LogP contribution in [0.4, 0.5) is 0 Å². The smallest absolute Gasteiger partial charge is 0.326 e. The van der Waals surface area contributed by atoms with Gasteiger partial charge in [-0.2, -0.15) is 0 Å². The van der Waals surface area contributed by atoms with Gasteiger partial charge in [-0.25, -0.2) is 9.78 Å². The molecule has 0 aliphatic rings. The van der Waals surface area contributed by atoms with E-state index in [9.17, 15) is 33.9 Å². The van der Waals surface area contributed by atoms with E-state index in [1.807, 2.05) is 0 Å². The average Bonchev–Trinajstić information content (AvgIpc) is 3.28. The second kappa shape index (κ2) is 14.4. The molecule has 0 bridgehead atoms. The standard InChI is InChI=1S/C21H33N7O8/c1-10(2)5-15(21(35)36)28-20(34)14(7-16(23)29)27-19(33)13(6-11-8-24-9-25-11)26-18(32)12(22)3-4-17(30)31/h8-10,12-15H,3-7,22H2,1-2H3,(H2,23,29)(H,24,25)(H,26,32)(H,27,33)(H,28,34)(H,30,31)(H,35,36). The maximum atomic E-state index is 13.0. The summed E-state index contributed by atoms with van der Waals surface area (Å²) < 4.78 is 0. The summed E-state index contributed by atoms with van der Waals surface area (Å²) in [7, 11) is 0. The first-order chi connectivity index (χ1) is 16.8. The zero-order valence-electron chi connectivity index (χ0n) is 20.0. The minimum absolute atomic E-state index is 0.0742. The largest absolute Gasteiger partial charge is 0.481 e. The van der Waals surface area contributed by atoms with Gasteiger partial charge in [0.05, 0.1) is 18.8 Å². The lowest BCUT2D eigenvalue weighted by atomic mass is 10.0. The van der Waals surface area contributed by atoms with Gasteiger partial charge in [-0.1, -0.05) is 13.8 Å². The molecule has 1 heterocycles. The average molecular weight is 512 g/mol. The van der Waals surface area contributed by atoms with E-state index < -0.39 is 66.2 Å². The van der Waals surface area contributed by atoms with E-state index in [4.69, 9.17) is 16.6 Å². The number of nitrogens with zero attached hydrogens (tertiary/aromatic N) is 1. The Morgan fingerprint density at radius 3 is 2.06 bits per heavy atom. The van der Waals surface area contributed by atoms with Crippen LogP contribution in [0.3, 0.4) is 0 Å².